The average Bonchev–Trinajstić information content (AvgIpc) is 2.97. The lowest BCUT2D eigenvalue weighted by Crippen LogP contribution is -2.50. The summed E-state index contributed by atoms with van der Waals surface area (Å²) in [6.45, 7) is 11.9. The third-order valence-corrected chi connectivity index (χ3v) is 5.28. The predicted molar refractivity (Wildman–Crippen MR) is 88.7 cm³/mol. The molecule has 2 aliphatic rings. The van der Waals surface area contributed by atoms with Crippen molar-refractivity contribution in [2.75, 3.05) is 45.9 Å². The Morgan fingerprint density at radius 1 is 1.24 bits per heavy atom. The van der Waals surface area contributed by atoms with Crippen LogP contribution in [0.25, 0.3) is 0 Å². The standard InChI is InChI=1S/C17H35N3O/c1-3-9-18-17(2,15-21)8-4-5-10-19-12-13-20-11-6-7-16(20)14-19/h16,18,21H,3-15H2,1-2H3. The Labute approximate surface area is 130 Å². The Morgan fingerprint density at radius 3 is 2.86 bits per heavy atom. The van der Waals surface area contributed by atoms with Gasteiger partial charge in [0.25, 0.3) is 0 Å². The van der Waals surface area contributed by atoms with Gasteiger partial charge in [-0.25, -0.2) is 0 Å². The van der Waals surface area contributed by atoms with Gasteiger partial charge in [-0.3, -0.25) is 4.90 Å². The lowest BCUT2D eigenvalue weighted by atomic mass is 9.95. The van der Waals surface area contributed by atoms with E-state index in [1.54, 1.807) is 0 Å². The molecule has 2 N–H and O–H groups in total. The van der Waals surface area contributed by atoms with Crippen molar-refractivity contribution in [1.82, 2.24) is 15.1 Å². The molecule has 0 aromatic carbocycles. The molecule has 0 spiro atoms. The van der Waals surface area contributed by atoms with Gasteiger partial charge in [0.1, 0.15) is 0 Å². The molecule has 0 amide bonds. The third-order valence-electron chi connectivity index (χ3n) is 5.28. The molecule has 2 saturated heterocycles. The van der Waals surface area contributed by atoms with E-state index in [9.17, 15) is 5.11 Å². The zero-order chi connectivity index (χ0) is 15.1. The lowest BCUT2D eigenvalue weighted by Gasteiger charge is -2.37. The first-order chi connectivity index (χ1) is 10.2. The SMILES string of the molecule is CCCNC(C)(CO)CCCCN1CCN2CCCC2C1. The van der Waals surface area contributed by atoms with E-state index in [-0.39, 0.29) is 12.1 Å². The van der Waals surface area contributed by atoms with Crippen LogP contribution in [-0.4, -0.2) is 72.4 Å². The molecular formula is C17H35N3O. The molecule has 0 saturated carbocycles. The zero-order valence-electron chi connectivity index (χ0n) is 14.1. The first-order valence-corrected chi connectivity index (χ1v) is 8.99. The second kappa shape index (κ2) is 8.47. The van der Waals surface area contributed by atoms with Crippen LogP contribution in [0.3, 0.4) is 0 Å². The van der Waals surface area contributed by atoms with Gasteiger partial charge < -0.3 is 15.3 Å². The highest BCUT2D eigenvalue weighted by Crippen LogP contribution is 2.22. The molecule has 4 nitrogen and oxygen atoms in total. The summed E-state index contributed by atoms with van der Waals surface area (Å²) in [4.78, 5) is 5.33. The molecule has 2 aliphatic heterocycles. The molecule has 0 aromatic rings. The summed E-state index contributed by atoms with van der Waals surface area (Å²) in [5.74, 6) is 0. The topological polar surface area (TPSA) is 38.7 Å². The van der Waals surface area contributed by atoms with Gasteiger partial charge in [0.15, 0.2) is 0 Å². The normalized spacial score (nSPS) is 26.7. The van der Waals surface area contributed by atoms with Crippen molar-refractivity contribution in [2.24, 2.45) is 0 Å². The van der Waals surface area contributed by atoms with E-state index in [4.69, 9.17) is 0 Å². The first kappa shape index (κ1) is 17.2. The Bertz CT molecular complexity index is 300. The number of unbranched alkanes of at least 4 members (excludes halogenated alkanes) is 1. The van der Waals surface area contributed by atoms with Gasteiger partial charge in [-0.1, -0.05) is 13.3 Å². The highest BCUT2D eigenvalue weighted by atomic mass is 16.3. The highest BCUT2D eigenvalue weighted by Gasteiger charge is 2.30. The van der Waals surface area contributed by atoms with Gasteiger partial charge in [-0.15, -0.1) is 0 Å². The molecule has 0 aliphatic carbocycles. The monoisotopic (exact) mass is 297 g/mol. The number of aliphatic hydroxyl groups is 1. The van der Waals surface area contributed by atoms with Crippen LogP contribution in [0, 0.1) is 0 Å². The van der Waals surface area contributed by atoms with Crippen molar-refractivity contribution in [3.8, 4) is 0 Å². The number of fused-ring (bicyclic) bond motifs is 1. The van der Waals surface area contributed by atoms with Gasteiger partial charge >= 0.3 is 0 Å². The van der Waals surface area contributed by atoms with Crippen LogP contribution in [0.2, 0.25) is 0 Å². The summed E-state index contributed by atoms with van der Waals surface area (Å²) in [5, 5.41) is 13.1. The van der Waals surface area contributed by atoms with Gasteiger partial charge in [-0.05, 0) is 58.7 Å². The van der Waals surface area contributed by atoms with Crippen molar-refractivity contribution in [1.29, 1.82) is 0 Å². The van der Waals surface area contributed by atoms with Crippen LogP contribution in [-0.2, 0) is 0 Å². The maximum atomic E-state index is 9.58. The maximum absolute atomic E-state index is 9.58. The Balaban J connectivity index is 1.60. The fourth-order valence-electron chi connectivity index (χ4n) is 3.76. The van der Waals surface area contributed by atoms with Crippen molar-refractivity contribution in [3.63, 3.8) is 0 Å². The van der Waals surface area contributed by atoms with E-state index in [0.717, 1.165) is 25.4 Å². The fourth-order valence-corrected chi connectivity index (χ4v) is 3.76. The Morgan fingerprint density at radius 2 is 2.10 bits per heavy atom. The van der Waals surface area contributed by atoms with Gasteiger partial charge in [0, 0.05) is 31.2 Å². The highest BCUT2D eigenvalue weighted by molar-refractivity contribution is 4.87. The van der Waals surface area contributed by atoms with Crippen molar-refractivity contribution < 1.29 is 5.11 Å². The number of aliphatic hydroxyl groups excluding tert-OH is 1. The number of nitrogens with zero attached hydrogens (tertiary/aromatic N) is 2. The number of rotatable bonds is 9. The molecule has 0 aromatic heterocycles. The van der Waals surface area contributed by atoms with Crippen LogP contribution in [0.5, 0.6) is 0 Å². The van der Waals surface area contributed by atoms with E-state index < -0.39 is 0 Å². The molecule has 4 heteroatoms. The van der Waals surface area contributed by atoms with Crippen molar-refractivity contribution in [3.05, 3.63) is 0 Å². The van der Waals surface area contributed by atoms with E-state index in [2.05, 4.69) is 29.0 Å². The van der Waals surface area contributed by atoms with E-state index in [0.29, 0.717) is 0 Å². The summed E-state index contributed by atoms with van der Waals surface area (Å²) < 4.78 is 0. The minimum Gasteiger partial charge on any atom is -0.394 e. The molecule has 2 atom stereocenters. The van der Waals surface area contributed by atoms with Crippen molar-refractivity contribution in [2.45, 2.75) is 64.0 Å². The summed E-state index contributed by atoms with van der Waals surface area (Å²) in [6.07, 6.45) is 7.47. The molecule has 2 unspecified atom stereocenters. The van der Waals surface area contributed by atoms with Crippen LogP contribution >= 0.6 is 0 Å². The number of hydrogen-bond acceptors (Lipinski definition) is 4. The molecular weight excluding hydrogens is 262 g/mol. The number of hydrogen-bond donors (Lipinski definition) is 2. The summed E-state index contributed by atoms with van der Waals surface area (Å²) in [5.41, 5.74) is -0.0832. The largest absolute Gasteiger partial charge is 0.394 e. The number of nitrogens with one attached hydrogen (secondary N) is 1. The van der Waals surface area contributed by atoms with E-state index in [1.807, 2.05) is 0 Å². The molecule has 2 heterocycles. The summed E-state index contributed by atoms with van der Waals surface area (Å²) in [6, 6.07) is 0.840. The minimum absolute atomic E-state index is 0.0832. The quantitative estimate of drug-likeness (QED) is 0.635. The Kier molecular flexibility index (Phi) is 6.93. The van der Waals surface area contributed by atoms with Crippen LogP contribution < -0.4 is 5.32 Å². The van der Waals surface area contributed by atoms with Gasteiger partial charge in [0.05, 0.1) is 6.61 Å². The van der Waals surface area contributed by atoms with Gasteiger partial charge in [0.2, 0.25) is 0 Å². The maximum Gasteiger partial charge on any atom is 0.0610 e. The summed E-state index contributed by atoms with van der Waals surface area (Å²) >= 11 is 0. The minimum atomic E-state index is -0.0832. The smallest absolute Gasteiger partial charge is 0.0610 e. The Hall–Kier alpha value is -0.160. The van der Waals surface area contributed by atoms with Gasteiger partial charge in [-0.2, -0.15) is 0 Å². The van der Waals surface area contributed by atoms with E-state index >= 15 is 0 Å². The van der Waals surface area contributed by atoms with Crippen LogP contribution in [0.4, 0.5) is 0 Å². The number of piperazine rings is 1. The molecule has 124 valence electrons. The van der Waals surface area contributed by atoms with Crippen LogP contribution in [0.15, 0.2) is 0 Å². The second-order valence-corrected chi connectivity index (χ2v) is 7.24. The predicted octanol–water partition coefficient (Wildman–Crippen LogP) is 1.69. The second-order valence-electron chi connectivity index (χ2n) is 7.24. The molecule has 0 radical (unpaired) electrons. The molecule has 2 fully saturated rings. The van der Waals surface area contributed by atoms with Crippen molar-refractivity contribution >= 4 is 0 Å². The third kappa shape index (κ3) is 5.20. The lowest BCUT2D eigenvalue weighted by molar-refractivity contribution is 0.101. The van der Waals surface area contributed by atoms with Crippen LogP contribution in [0.1, 0.15) is 52.4 Å². The fraction of sp³-hybridized carbons (Fsp3) is 1.00. The summed E-state index contributed by atoms with van der Waals surface area (Å²) in [7, 11) is 0. The average molecular weight is 297 g/mol. The van der Waals surface area contributed by atoms with E-state index in [1.165, 1.54) is 58.4 Å². The zero-order valence-corrected chi connectivity index (χ0v) is 14.1. The molecule has 2 rings (SSSR count). The first-order valence-electron chi connectivity index (χ1n) is 8.99. The molecule has 21 heavy (non-hydrogen) atoms. The molecule has 0 bridgehead atoms.